The molecule has 7 rings (SSSR count). The van der Waals surface area contributed by atoms with Gasteiger partial charge < -0.3 is 51.5 Å². The third-order valence-corrected chi connectivity index (χ3v) is 15.3. The molecule has 3 heterocycles. The molecule has 8 atom stereocenters. The Balaban J connectivity index is 0.981. The van der Waals surface area contributed by atoms with Gasteiger partial charge in [0, 0.05) is 50.6 Å². The highest BCUT2D eigenvalue weighted by atomic mass is 16.2. The molecule has 0 saturated carbocycles. The number of nitrogens with one attached hydrogen (secondary N) is 6. The zero-order valence-corrected chi connectivity index (χ0v) is 41.8. The Hall–Kier alpha value is -5.22. The second kappa shape index (κ2) is 22.5. The number of likely N-dealkylation sites (N-methyl/N-ethyl adjacent to an activating group) is 2. The molecule has 6 amide bonds. The average molecular weight is 939 g/mol. The summed E-state index contributed by atoms with van der Waals surface area (Å²) in [5, 5.41) is 18.5. The molecule has 5 aliphatic rings. The summed E-state index contributed by atoms with van der Waals surface area (Å²) >= 11 is 0. The number of nitrogens with zero attached hydrogens (tertiary/aromatic N) is 4. The van der Waals surface area contributed by atoms with Crippen molar-refractivity contribution in [2.45, 2.75) is 154 Å². The summed E-state index contributed by atoms with van der Waals surface area (Å²) in [7, 11) is 3.42. The van der Waals surface area contributed by atoms with Gasteiger partial charge in [-0.2, -0.15) is 0 Å². The predicted octanol–water partition coefficient (Wildman–Crippen LogP) is 3.48. The molecule has 68 heavy (non-hydrogen) atoms. The molecule has 3 saturated heterocycles. The molecule has 2 aromatic carbocycles. The summed E-state index contributed by atoms with van der Waals surface area (Å²) in [5.41, 5.74) is 7.30. The lowest BCUT2D eigenvalue weighted by atomic mass is 9.85. The molecular weight excluding hydrogens is 861 g/mol. The van der Waals surface area contributed by atoms with Gasteiger partial charge in [-0.15, -0.1) is 0 Å². The van der Waals surface area contributed by atoms with Crippen LogP contribution in [0.15, 0.2) is 36.4 Å². The van der Waals surface area contributed by atoms with Crippen molar-refractivity contribution in [1.82, 2.24) is 41.7 Å². The quantitative estimate of drug-likeness (QED) is 0.146. The maximum absolute atomic E-state index is 14.1. The number of fused-ring (bicyclic) bond motifs is 2. The van der Waals surface area contributed by atoms with Crippen molar-refractivity contribution in [3.8, 4) is 0 Å². The second-order valence-electron chi connectivity index (χ2n) is 20.4. The van der Waals surface area contributed by atoms with E-state index >= 15 is 0 Å². The fraction of sp³-hybridized carbons (Fsp3) is 0.654. The van der Waals surface area contributed by atoms with Crippen molar-refractivity contribution in [2.24, 2.45) is 11.8 Å². The summed E-state index contributed by atoms with van der Waals surface area (Å²) < 4.78 is 0. The van der Waals surface area contributed by atoms with E-state index in [2.05, 4.69) is 78.1 Å². The molecule has 16 heteroatoms. The highest BCUT2D eigenvalue weighted by molar-refractivity contribution is 5.95. The molecule has 2 aliphatic carbocycles. The molecule has 372 valence electrons. The topological polar surface area (TPSA) is 188 Å². The van der Waals surface area contributed by atoms with Crippen LogP contribution in [0.5, 0.6) is 0 Å². The third kappa shape index (κ3) is 11.0. The van der Waals surface area contributed by atoms with E-state index in [1.807, 2.05) is 27.7 Å². The van der Waals surface area contributed by atoms with Crippen LogP contribution in [0, 0.1) is 11.8 Å². The van der Waals surface area contributed by atoms with Crippen LogP contribution in [-0.2, 0) is 41.6 Å². The molecular formula is C52H78N10O6. The van der Waals surface area contributed by atoms with Gasteiger partial charge in [0.15, 0.2) is 0 Å². The first-order valence-electron chi connectivity index (χ1n) is 25.5. The molecule has 0 radical (unpaired) electrons. The van der Waals surface area contributed by atoms with Crippen molar-refractivity contribution in [3.05, 3.63) is 58.7 Å². The highest BCUT2D eigenvalue weighted by Gasteiger charge is 2.42. The molecule has 16 nitrogen and oxygen atoms in total. The van der Waals surface area contributed by atoms with Crippen molar-refractivity contribution in [1.29, 1.82) is 0 Å². The third-order valence-electron chi connectivity index (χ3n) is 15.3. The number of piperazine rings is 1. The van der Waals surface area contributed by atoms with E-state index in [0.29, 0.717) is 25.9 Å². The first-order valence-corrected chi connectivity index (χ1v) is 25.5. The number of benzene rings is 2. The van der Waals surface area contributed by atoms with Crippen LogP contribution in [-0.4, -0.2) is 135 Å². The SMILES string of the molecule is CN[C@@H](C)C(=O)NC(C(=O)N1CCC[C@H]1C(=O)N[C@@H]1CCCc2c1cccc2N1CCN(c2cccc3c2CCC[C@H]3NC(=O)[C@@H]2CCCN2C(=O)C(NC(=O)[C@H](C)NC)C(C)C)CC1)C(C)C. The Morgan fingerprint density at radius 3 is 1.25 bits per heavy atom. The molecule has 3 fully saturated rings. The Morgan fingerprint density at radius 2 is 0.897 bits per heavy atom. The lowest BCUT2D eigenvalue weighted by Gasteiger charge is -2.41. The van der Waals surface area contributed by atoms with Gasteiger partial charge >= 0.3 is 0 Å². The van der Waals surface area contributed by atoms with Crippen molar-refractivity contribution >= 4 is 46.8 Å². The van der Waals surface area contributed by atoms with Crippen LogP contribution in [0.4, 0.5) is 11.4 Å². The number of amides is 6. The number of hydrogen-bond acceptors (Lipinski definition) is 10. The second-order valence-corrected chi connectivity index (χ2v) is 20.4. The molecule has 0 aromatic heterocycles. The van der Waals surface area contributed by atoms with Crippen LogP contribution >= 0.6 is 0 Å². The molecule has 2 aromatic rings. The molecule has 0 bridgehead atoms. The number of likely N-dealkylation sites (tertiary alicyclic amines) is 2. The fourth-order valence-electron chi connectivity index (χ4n) is 11.1. The predicted molar refractivity (Wildman–Crippen MR) is 265 cm³/mol. The summed E-state index contributed by atoms with van der Waals surface area (Å²) in [5.74, 6) is -1.43. The monoisotopic (exact) mass is 939 g/mol. The van der Waals surface area contributed by atoms with Crippen molar-refractivity contribution in [3.63, 3.8) is 0 Å². The Kier molecular flexibility index (Phi) is 16.7. The highest BCUT2D eigenvalue weighted by Crippen LogP contribution is 2.39. The van der Waals surface area contributed by atoms with E-state index < -0.39 is 36.3 Å². The van der Waals surface area contributed by atoms with E-state index in [4.69, 9.17) is 0 Å². The summed E-state index contributed by atoms with van der Waals surface area (Å²) in [4.78, 5) is 89.8. The number of hydrogen-bond donors (Lipinski definition) is 6. The molecule has 6 N–H and O–H groups in total. The normalized spacial score (nSPS) is 23.3. The number of carbonyl (C=O) groups excluding carboxylic acids is 6. The maximum atomic E-state index is 14.1. The van der Waals surface area contributed by atoms with Crippen molar-refractivity contribution in [2.75, 3.05) is 63.2 Å². The summed E-state index contributed by atoms with van der Waals surface area (Å²) in [6.45, 7) is 15.5. The van der Waals surface area contributed by atoms with Gasteiger partial charge in [-0.05, 0) is 138 Å². The summed E-state index contributed by atoms with van der Waals surface area (Å²) in [6.07, 6.45) is 8.07. The molecule has 2 unspecified atom stereocenters. The number of carbonyl (C=O) groups is 6. The maximum Gasteiger partial charge on any atom is 0.246 e. The number of anilines is 2. The van der Waals surface area contributed by atoms with Gasteiger partial charge in [0.2, 0.25) is 35.4 Å². The van der Waals surface area contributed by atoms with E-state index in [1.54, 1.807) is 37.7 Å². The van der Waals surface area contributed by atoms with Crippen LogP contribution in [0.1, 0.15) is 127 Å². The van der Waals surface area contributed by atoms with Gasteiger partial charge in [-0.3, -0.25) is 28.8 Å². The standard InChI is InChI=1S/C52H78N10O6/c1-31(2)45(57-47(63)33(5)53-7)51(67)61-25-13-23-43(61)49(65)55-39-19-9-17-37-35(39)15-11-21-41(37)59-27-29-60(30-28-59)42-22-12-16-36-38(42)18-10-20-40(36)56-50(66)44-24-14-26-62(44)52(68)46(32(3)4)58-48(64)34(6)54-8/h11-12,15-16,21-22,31-34,39-40,43-46,53-54H,9-10,13-14,17-20,23-30H2,1-8H3,(H,55,65)(H,56,66)(H,57,63)(H,58,64)/t33-,34-,39+,40+,43-,44-,45?,46?/m0/s1. The van der Waals surface area contributed by atoms with Crippen LogP contribution in [0.25, 0.3) is 0 Å². The van der Waals surface area contributed by atoms with Crippen LogP contribution in [0.3, 0.4) is 0 Å². The Bertz CT molecular complexity index is 2010. The van der Waals surface area contributed by atoms with E-state index in [-0.39, 0.29) is 59.4 Å². The average Bonchev–Trinajstić information content (AvgIpc) is 4.05. The van der Waals surface area contributed by atoms with E-state index in [1.165, 1.54) is 22.5 Å². The van der Waals surface area contributed by atoms with Gasteiger partial charge in [0.05, 0.1) is 24.2 Å². The minimum atomic E-state index is -0.713. The van der Waals surface area contributed by atoms with Gasteiger partial charge in [-0.25, -0.2) is 0 Å². The minimum Gasteiger partial charge on any atom is -0.368 e. The van der Waals surface area contributed by atoms with Gasteiger partial charge in [0.1, 0.15) is 24.2 Å². The van der Waals surface area contributed by atoms with Crippen LogP contribution in [0.2, 0.25) is 0 Å². The zero-order valence-electron chi connectivity index (χ0n) is 41.8. The lowest BCUT2D eigenvalue weighted by molar-refractivity contribution is -0.142. The number of rotatable bonds is 16. The minimum absolute atomic E-state index is 0.133. The Morgan fingerprint density at radius 1 is 0.515 bits per heavy atom. The fourth-order valence-corrected chi connectivity index (χ4v) is 11.1. The smallest absolute Gasteiger partial charge is 0.246 e. The summed E-state index contributed by atoms with van der Waals surface area (Å²) in [6, 6.07) is 9.15. The zero-order chi connectivity index (χ0) is 48.8. The largest absolute Gasteiger partial charge is 0.368 e. The van der Waals surface area contributed by atoms with E-state index in [9.17, 15) is 28.8 Å². The Labute approximate surface area is 403 Å². The lowest BCUT2D eigenvalue weighted by Crippen LogP contribution is -2.57. The van der Waals surface area contributed by atoms with Crippen LogP contribution < -0.4 is 41.7 Å². The molecule has 3 aliphatic heterocycles. The first kappa shape index (κ1) is 50.7. The first-order chi connectivity index (χ1) is 32.6. The van der Waals surface area contributed by atoms with Crippen molar-refractivity contribution < 1.29 is 28.8 Å². The van der Waals surface area contributed by atoms with Gasteiger partial charge in [-0.1, -0.05) is 52.0 Å². The molecule has 0 spiro atoms. The van der Waals surface area contributed by atoms with E-state index in [0.717, 1.165) is 88.7 Å². The van der Waals surface area contributed by atoms with Gasteiger partial charge in [0.25, 0.3) is 0 Å².